The molecule has 9 nitrogen and oxygen atoms in total. The standard InChI is InChI=1S/C42H43N5O4/c1-30-16-17-33(26-43-30)37-20-21-42(29-51-37)22-24-46(25-23-42)34-14-9-15-35-39(34)45(2)41(48)47(35)36-18-19-38(49-27-31-10-5-3-6-11-31)44-40(36)50-28-32-12-7-4-8-13-32/h3-19,26,37H,20-25,27-29H2,1-2H3. The van der Waals surface area contributed by atoms with Crippen LogP contribution in [0.4, 0.5) is 5.69 Å². The van der Waals surface area contributed by atoms with Crippen molar-refractivity contribution in [2.24, 2.45) is 12.5 Å². The molecule has 0 N–H and O–H groups in total. The Morgan fingerprint density at radius 2 is 1.53 bits per heavy atom. The van der Waals surface area contributed by atoms with Crippen LogP contribution in [0.5, 0.6) is 11.8 Å². The molecule has 0 aliphatic carbocycles. The summed E-state index contributed by atoms with van der Waals surface area (Å²) >= 11 is 0. The smallest absolute Gasteiger partial charge is 0.333 e. The summed E-state index contributed by atoms with van der Waals surface area (Å²) in [5.74, 6) is 0.761. The van der Waals surface area contributed by atoms with Crippen molar-refractivity contribution in [3.63, 3.8) is 0 Å². The molecule has 1 unspecified atom stereocenters. The number of rotatable bonds is 9. The van der Waals surface area contributed by atoms with Gasteiger partial charge in [-0.25, -0.2) is 4.79 Å². The SMILES string of the molecule is Cc1ccc(C2CCC3(CCN(c4cccc5c4n(C)c(=O)n5-c4ccc(OCc5ccccc5)nc4OCc4ccccc4)CC3)CO2)cn1. The number of hydrogen-bond donors (Lipinski definition) is 0. The van der Waals surface area contributed by atoms with Gasteiger partial charge in [0.25, 0.3) is 0 Å². The van der Waals surface area contributed by atoms with Gasteiger partial charge in [0.2, 0.25) is 11.8 Å². The van der Waals surface area contributed by atoms with Crippen LogP contribution in [0.1, 0.15) is 54.2 Å². The van der Waals surface area contributed by atoms with Crippen molar-refractivity contribution in [2.45, 2.75) is 51.9 Å². The van der Waals surface area contributed by atoms with Crippen LogP contribution >= 0.6 is 0 Å². The summed E-state index contributed by atoms with van der Waals surface area (Å²) < 4.78 is 22.4. The van der Waals surface area contributed by atoms with E-state index in [2.05, 4.69) is 28.1 Å². The Labute approximate surface area is 298 Å². The first-order valence-corrected chi connectivity index (χ1v) is 17.8. The molecule has 1 atom stereocenters. The van der Waals surface area contributed by atoms with Crippen LogP contribution in [0, 0.1) is 12.3 Å². The summed E-state index contributed by atoms with van der Waals surface area (Å²) in [6.45, 7) is 5.26. The molecule has 0 saturated carbocycles. The van der Waals surface area contributed by atoms with Crippen LogP contribution in [0.25, 0.3) is 16.7 Å². The van der Waals surface area contributed by atoms with E-state index < -0.39 is 0 Å². The van der Waals surface area contributed by atoms with Crippen molar-refractivity contribution in [3.8, 4) is 17.4 Å². The minimum absolute atomic E-state index is 0.116. The van der Waals surface area contributed by atoms with Gasteiger partial charge in [0.15, 0.2) is 0 Å². The largest absolute Gasteiger partial charge is 0.473 e. The van der Waals surface area contributed by atoms with E-state index in [1.54, 1.807) is 15.2 Å². The van der Waals surface area contributed by atoms with Crippen LogP contribution in [0.2, 0.25) is 0 Å². The second-order valence-electron chi connectivity index (χ2n) is 13.9. The van der Waals surface area contributed by atoms with Crippen molar-refractivity contribution >= 4 is 16.7 Å². The van der Waals surface area contributed by atoms with Crippen LogP contribution in [0.15, 0.2) is 114 Å². The molecule has 2 fully saturated rings. The van der Waals surface area contributed by atoms with E-state index in [0.29, 0.717) is 30.7 Å². The van der Waals surface area contributed by atoms with Gasteiger partial charge < -0.3 is 19.1 Å². The molecule has 3 aromatic heterocycles. The zero-order valence-corrected chi connectivity index (χ0v) is 29.2. The highest BCUT2D eigenvalue weighted by atomic mass is 16.5. The van der Waals surface area contributed by atoms with Crippen LogP contribution in [-0.2, 0) is 25.0 Å². The Kier molecular flexibility index (Phi) is 9.04. The Morgan fingerprint density at radius 3 is 2.20 bits per heavy atom. The number of fused-ring (bicyclic) bond motifs is 1. The zero-order valence-electron chi connectivity index (χ0n) is 29.2. The van der Waals surface area contributed by atoms with Gasteiger partial charge in [-0.1, -0.05) is 72.8 Å². The molecule has 8 rings (SSSR count). The first-order valence-electron chi connectivity index (χ1n) is 17.8. The highest BCUT2D eigenvalue weighted by Crippen LogP contribution is 2.45. The molecule has 6 aromatic rings. The van der Waals surface area contributed by atoms with Crippen LogP contribution < -0.4 is 20.1 Å². The number of piperidine rings is 1. The average Bonchev–Trinajstić information content (AvgIpc) is 3.44. The summed E-state index contributed by atoms with van der Waals surface area (Å²) in [6, 6.07) is 34.0. The van der Waals surface area contributed by atoms with E-state index >= 15 is 0 Å². The quantitative estimate of drug-likeness (QED) is 0.155. The predicted molar refractivity (Wildman–Crippen MR) is 199 cm³/mol. The Morgan fingerprint density at radius 1 is 0.804 bits per heavy atom. The lowest BCUT2D eigenvalue weighted by molar-refractivity contribution is -0.0740. The number of anilines is 1. The Hall–Kier alpha value is -5.41. The van der Waals surface area contributed by atoms with Gasteiger partial charge in [0.05, 0.1) is 29.4 Å². The van der Waals surface area contributed by atoms with Gasteiger partial charge in [0.1, 0.15) is 18.9 Å². The molecule has 0 amide bonds. The number of aromatic nitrogens is 4. The molecule has 1 spiro atoms. The molecule has 5 heterocycles. The second-order valence-corrected chi connectivity index (χ2v) is 13.9. The number of pyridine rings is 2. The second kappa shape index (κ2) is 14.1. The number of benzene rings is 3. The lowest BCUT2D eigenvalue weighted by Crippen LogP contribution is -2.44. The molecule has 9 heteroatoms. The summed E-state index contributed by atoms with van der Waals surface area (Å²) in [5.41, 5.74) is 7.58. The highest BCUT2D eigenvalue weighted by Gasteiger charge is 2.40. The number of imidazole rings is 1. The zero-order chi connectivity index (χ0) is 34.8. The van der Waals surface area contributed by atoms with Crippen molar-refractivity contribution in [2.75, 3.05) is 24.6 Å². The fourth-order valence-corrected chi connectivity index (χ4v) is 7.53. The molecule has 0 radical (unpaired) electrons. The average molecular weight is 682 g/mol. The number of ether oxygens (including phenoxy) is 3. The summed E-state index contributed by atoms with van der Waals surface area (Å²) in [4.78, 5) is 25.8. The number of aryl methyl sites for hydroxylation is 2. The molecule has 2 aliphatic heterocycles. The minimum atomic E-state index is -0.160. The molecular weight excluding hydrogens is 638 g/mol. The number of nitrogens with zero attached hydrogens (tertiary/aromatic N) is 5. The maximum absolute atomic E-state index is 14.1. The lowest BCUT2D eigenvalue weighted by Gasteiger charge is -2.46. The number of para-hydroxylation sites is 1. The molecule has 2 aliphatic rings. The monoisotopic (exact) mass is 681 g/mol. The first-order chi connectivity index (χ1) is 25.0. The van der Waals surface area contributed by atoms with E-state index in [-0.39, 0.29) is 17.2 Å². The maximum atomic E-state index is 14.1. The molecule has 2 saturated heterocycles. The van der Waals surface area contributed by atoms with Gasteiger partial charge >= 0.3 is 5.69 Å². The molecule has 260 valence electrons. The van der Waals surface area contributed by atoms with Crippen molar-refractivity contribution in [1.82, 2.24) is 19.1 Å². The fourth-order valence-electron chi connectivity index (χ4n) is 7.53. The topological polar surface area (TPSA) is 83.6 Å². The van der Waals surface area contributed by atoms with Crippen molar-refractivity contribution < 1.29 is 14.2 Å². The van der Waals surface area contributed by atoms with Gasteiger partial charge in [-0.3, -0.25) is 14.1 Å². The highest BCUT2D eigenvalue weighted by molar-refractivity contribution is 5.91. The normalized spacial score (nSPS) is 17.1. The van der Waals surface area contributed by atoms with Crippen LogP contribution in [-0.4, -0.2) is 38.8 Å². The minimum Gasteiger partial charge on any atom is -0.473 e. The van der Waals surface area contributed by atoms with Crippen molar-refractivity contribution in [1.29, 1.82) is 0 Å². The van der Waals surface area contributed by atoms with E-state index in [4.69, 9.17) is 19.2 Å². The van der Waals surface area contributed by atoms with E-state index in [0.717, 1.165) is 78.9 Å². The molecular formula is C42H43N5O4. The summed E-state index contributed by atoms with van der Waals surface area (Å²) in [6.07, 6.45) is 6.31. The Bertz CT molecular complexity index is 2160. The van der Waals surface area contributed by atoms with Gasteiger partial charge in [0, 0.05) is 38.1 Å². The summed E-state index contributed by atoms with van der Waals surface area (Å²) in [5, 5.41) is 0. The summed E-state index contributed by atoms with van der Waals surface area (Å²) in [7, 11) is 1.85. The van der Waals surface area contributed by atoms with Crippen LogP contribution in [0.3, 0.4) is 0 Å². The fraction of sp³-hybridized carbons (Fsp3) is 0.310. The first kappa shape index (κ1) is 32.8. The van der Waals surface area contributed by atoms with Gasteiger partial charge in [-0.15, -0.1) is 0 Å². The third-order valence-corrected chi connectivity index (χ3v) is 10.5. The molecule has 51 heavy (non-hydrogen) atoms. The third kappa shape index (κ3) is 6.73. The maximum Gasteiger partial charge on any atom is 0.333 e. The van der Waals surface area contributed by atoms with Gasteiger partial charge in [-0.2, -0.15) is 4.98 Å². The predicted octanol–water partition coefficient (Wildman–Crippen LogP) is 7.72. The molecule has 0 bridgehead atoms. The third-order valence-electron chi connectivity index (χ3n) is 10.5. The van der Waals surface area contributed by atoms with E-state index in [1.807, 2.05) is 99.0 Å². The van der Waals surface area contributed by atoms with Crippen molar-refractivity contribution in [3.05, 3.63) is 142 Å². The van der Waals surface area contributed by atoms with E-state index in [9.17, 15) is 4.79 Å². The lowest BCUT2D eigenvalue weighted by atomic mass is 9.73. The Balaban J connectivity index is 1.05. The number of hydrogen-bond acceptors (Lipinski definition) is 7. The van der Waals surface area contributed by atoms with Gasteiger partial charge in [-0.05, 0) is 79.0 Å². The molecule has 3 aromatic carbocycles. The van der Waals surface area contributed by atoms with E-state index in [1.165, 1.54) is 5.56 Å².